The van der Waals surface area contributed by atoms with E-state index >= 15 is 0 Å². The van der Waals surface area contributed by atoms with Gasteiger partial charge >= 0.3 is 0 Å². The standard InChI is InChI=1S/C7H18P2/c1-3-7(4-2,5-8)6-9/h3-6,8-9H2,1-2H3. The Morgan fingerprint density at radius 1 is 1.00 bits per heavy atom. The predicted octanol–water partition coefficient (Wildman–Crippen LogP) is 2.54. The summed E-state index contributed by atoms with van der Waals surface area (Å²) < 4.78 is 0. The molecule has 0 aliphatic rings. The maximum atomic E-state index is 2.84. The van der Waals surface area contributed by atoms with E-state index in [1.54, 1.807) is 0 Å². The van der Waals surface area contributed by atoms with E-state index in [1.165, 1.54) is 25.2 Å². The van der Waals surface area contributed by atoms with Crippen molar-refractivity contribution in [2.75, 3.05) is 12.3 Å². The van der Waals surface area contributed by atoms with E-state index in [1.807, 2.05) is 0 Å². The highest BCUT2D eigenvalue weighted by Crippen LogP contribution is 2.30. The third kappa shape index (κ3) is 2.52. The molecule has 0 radical (unpaired) electrons. The van der Waals surface area contributed by atoms with E-state index in [4.69, 9.17) is 0 Å². The minimum Gasteiger partial charge on any atom is -0.137 e. The molecule has 56 valence electrons. The Morgan fingerprint density at radius 3 is 1.33 bits per heavy atom. The van der Waals surface area contributed by atoms with Gasteiger partial charge in [-0.1, -0.05) is 13.8 Å². The number of hydrogen-bond donors (Lipinski definition) is 0. The second kappa shape index (κ2) is 4.64. The van der Waals surface area contributed by atoms with Gasteiger partial charge in [-0.25, -0.2) is 0 Å². The van der Waals surface area contributed by atoms with E-state index in [0.29, 0.717) is 5.41 Å². The molecule has 0 aromatic heterocycles. The van der Waals surface area contributed by atoms with Crippen molar-refractivity contribution in [1.82, 2.24) is 0 Å². The van der Waals surface area contributed by atoms with Crippen molar-refractivity contribution in [1.29, 1.82) is 0 Å². The Kier molecular flexibility index (Phi) is 5.08. The zero-order valence-corrected chi connectivity index (χ0v) is 8.79. The van der Waals surface area contributed by atoms with Gasteiger partial charge in [0.15, 0.2) is 0 Å². The molecule has 0 nitrogen and oxygen atoms in total. The third-order valence-corrected chi connectivity index (χ3v) is 4.10. The molecule has 0 heterocycles. The summed E-state index contributed by atoms with van der Waals surface area (Å²) in [5.74, 6) is 0. The molecule has 0 N–H and O–H groups in total. The van der Waals surface area contributed by atoms with Crippen LogP contribution in [0.4, 0.5) is 0 Å². The van der Waals surface area contributed by atoms with Gasteiger partial charge in [0.2, 0.25) is 0 Å². The summed E-state index contributed by atoms with van der Waals surface area (Å²) >= 11 is 0. The summed E-state index contributed by atoms with van der Waals surface area (Å²) in [4.78, 5) is 0. The van der Waals surface area contributed by atoms with Crippen LogP contribution in [-0.2, 0) is 0 Å². The zero-order valence-electron chi connectivity index (χ0n) is 6.48. The lowest BCUT2D eigenvalue weighted by atomic mass is 9.87. The molecule has 0 aliphatic heterocycles. The molecule has 0 fully saturated rings. The van der Waals surface area contributed by atoms with Crippen molar-refractivity contribution >= 4 is 18.5 Å². The van der Waals surface area contributed by atoms with Crippen LogP contribution in [0.25, 0.3) is 0 Å². The fourth-order valence-electron chi connectivity index (χ4n) is 0.911. The molecule has 2 atom stereocenters. The summed E-state index contributed by atoms with van der Waals surface area (Å²) in [5, 5.41) is 0. The topological polar surface area (TPSA) is 0 Å². The van der Waals surface area contributed by atoms with Crippen LogP contribution in [0.5, 0.6) is 0 Å². The van der Waals surface area contributed by atoms with E-state index in [2.05, 4.69) is 32.3 Å². The zero-order chi connectivity index (χ0) is 7.33. The first-order chi connectivity index (χ1) is 4.24. The van der Waals surface area contributed by atoms with Crippen molar-refractivity contribution in [3.8, 4) is 0 Å². The second-order valence-corrected chi connectivity index (χ2v) is 3.43. The Labute approximate surface area is 63.6 Å². The van der Waals surface area contributed by atoms with Gasteiger partial charge in [-0.05, 0) is 30.6 Å². The molecule has 9 heavy (non-hydrogen) atoms. The number of rotatable bonds is 4. The molecule has 0 aromatic carbocycles. The molecule has 0 bridgehead atoms. The maximum absolute atomic E-state index is 2.84. The molecule has 0 saturated heterocycles. The van der Waals surface area contributed by atoms with Gasteiger partial charge in [-0.2, -0.15) is 0 Å². The Morgan fingerprint density at radius 2 is 1.33 bits per heavy atom. The average molecular weight is 164 g/mol. The molecule has 2 unspecified atom stereocenters. The maximum Gasteiger partial charge on any atom is -0.0234 e. The van der Waals surface area contributed by atoms with Crippen LogP contribution < -0.4 is 0 Å². The third-order valence-electron chi connectivity index (χ3n) is 2.37. The number of hydrogen-bond acceptors (Lipinski definition) is 0. The summed E-state index contributed by atoms with van der Waals surface area (Å²) in [7, 11) is 5.69. The fraction of sp³-hybridized carbons (Fsp3) is 1.00. The van der Waals surface area contributed by atoms with Crippen molar-refractivity contribution < 1.29 is 0 Å². The smallest absolute Gasteiger partial charge is 0.0234 e. The second-order valence-electron chi connectivity index (χ2n) is 2.62. The predicted molar refractivity (Wildman–Crippen MR) is 52.2 cm³/mol. The molecular weight excluding hydrogens is 146 g/mol. The molecular formula is C7H18P2. The summed E-state index contributed by atoms with van der Waals surface area (Å²) in [5.41, 5.74) is 0.593. The molecule has 0 spiro atoms. The van der Waals surface area contributed by atoms with Crippen LogP contribution in [0.1, 0.15) is 26.7 Å². The largest absolute Gasteiger partial charge is 0.137 e. The first-order valence-electron chi connectivity index (χ1n) is 3.64. The molecule has 2 heteroatoms. The van der Waals surface area contributed by atoms with Gasteiger partial charge < -0.3 is 0 Å². The van der Waals surface area contributed by atoms with Gasteiger partial charge in [0.1, 0.15) is 0 Å². The van der Waals surface area contributed by atoms with Crippen molar-refractivity contribution in [3.05, 3.63) is 0 Å². The Balaban J connectivity index is 3.82. The highest BCUT2D eigenvalue weighted by Gasteiger charge is 2.20. The monoisotopic (exact) mass is 164 g/mol. The van der Waals surface area contributed by atoms with E-state index in [9.17, 15) is 0 Å². The van der Waals surface area contributed by atoms with Gasteiger partial charge in [0.25, 0.3) is 0 Å². The van der Waals surface area contributed by atoms with Crippen molar-refractivity contribution in [2.45, 2.75) is 26.7 Å². The normalized spacial score (nSPS) is 12.0. The minimum absolute atomic E-state index is 0.593. The Hall–Kier alpha value is 0.860. The van der Waals surface area contributed by atoms with Crippen LogP contribution >= 0.6 is 18.5 Å². The van der Waals surface area contributed by atoms with E-state index in [0.717, 1.165) is 0 Å². The molecule has 0 rings (SSSR count). The van der Waals surface area contributed by atoms with Gasteiger partial charge in [0, 0.05) is 0 Å². The Bertz CT molecular complexity index is 49.8. The van der Waals surface area contributed by atoms with E-state index in [-0.39, 0.29) is 0 Å². The summed E-state index contributed by atoms with van der Waals surface area (Å²) in [6.45, 7) is 4.55. The van der Waals surface area contributed by atoms with Crippen LogP contribution in [0.15, 0.2) is 0 Å². The van der Waals surface area contributed by atoms with Crippen LogP contribution in [-0.4, -0.2) is 12.3 Å². The fourth-order valence-corrected chi connectivity index (χ4v) is 2.73. The SMILES string of the molecule is CCC(CC)(CP)CP. The van der Waals surface area contributed by atoms with Crippen molar-refractivity contribution in [2.24, 2.45) is 5.41 Å². The molecule has 0 amide bonds. The minimum atomic E-state index is 0.593. The van der Waals surface area contributed by atoms with E-state index < -0.39 is 0 Å². The highest BCUT2D eigenvalue weighted by molar-refractivity contribution is 7.17. The molecule has 0 aliphatic carbocycles. The lowest BCUT2D eigenvalue weighted by Gasteiger charge is -2.28. The highest BCUT2D eigenvalue weighted by atomic mass is 31.0. The van der Waals surface area contributed by atoms with Gasteiger partial charge in [-0.15, -0.1) is 18.5 Å². The van der Waals surface area contributed by atoms with Crippen molar-refractivity contribution in [3.63, 3.8) is 0 Å². The lowest BCUT2D eigenvalue weighted by Crippen LogP contribution is -2.22. The molecule has 0 aromatic rings. The van der Waals surface area contributed by atoms with Crippen LogP contribution in [0.3, 0.4) is 0 Å². The quantitative estimate of drug-likeness (QED) is 0.560. The lowest BCUT2D eigenvalue weighted by molar-refractivity contribution is 0.356. The average Bonchev–Trinajstić information content (AvgIpc) is 1.95. The van der Waals surface area contributed by atoms with Crippen LogP contribution in [0, 0.1) is 5.41 Å². The summed E-state index contributed by atoms with van der Waals surface area (Å²) in [6.07, 6.45) is 5.08. The summed E-state index contributed by atoms with van der Waals surface area (Å²) in [6, 6.07) is 0. The first-order valence-corrected chi connectivity index (χ1v) is 5.28. The molecule has 0 saturated carbocycles. The first kappa shape index (κ1) is 9.86. The van der Waals surface area contributed by atoms with Gasteiger partial charge in [0.05, 0.1) is 0 Å². The van der Waals surface area contributed by atoms with Gasteiger partial charge in [-0.3, -0.25) is 0 Å². The van der Waals surface area contributed by atoms with Crippen LogP contribution in [0.2, 0.25) is 0 Å².